The van der Waals surface area contributed by atoms with Gasteiger partial charge in [0.1, 0.15) is 5.82 Å². The molecule has 162 valence electrons. The molecule has 1 amide bonds. The first-order valence-electron chi connectivity index (χ1n) is 10.8. The number of carbonyl (C=O) groups is 1. The molecule has 1 aromatic heterocycles. The summed E-state index contributed by atoms with van der Waals surface area (Å²) in [6.07, 6.45) is 3.83. The molecular weight excluding hydrogens is 412 g/mol. The minimum Gasteiger partial charge on any atom is -0.370 e. The Balaban J connectivity index is 1.82. The van der Waals surface area contributed by atoms with Crippen molar-refractivity contribution in [2.24, 2.45) is 0 Å². The van der Waals surface area contributed by atoms with Crippen LogP contribution in [0.4, 0.5) is 11.4 Å². The van der Waals surface area contributed by atoms with E-state index in [-0.39, 0.29) is 11.5 Å². The van der Waals surface area contributed by atoms with Gasteiger partial charge >= 0.3 is 0 Å². The quantitative estimate of drug-likeness (QED) is 0.624. The molecule has 3 aromatic rings. The highest BCUT2D eigenvalue weighted by molar-refractivity contribution is 6.30. The molecule has 31 heavy (non-hydrogen) atoms. The summed E-state index contributed by atoms with van der Waals surface area (Å²) >= 11 is 5.99. The monoisotopic (exact) mass is 438 g/mol. The molecule has 1 fully saturated rings. The smallest absolute Gasteiger partial charge is 0.261 e. The second-order valence-electron chi connectivity index (χ2n) is 8.01. The summed E-state index contributed by atoms with van der Waals surface area (Å²) in [5, 5.41) is 4.16. The van der Waals surface area contributed by atoms with E-state index in [0.29, 0.717) is 40.4 Å². The second kappa shape index (κ2) is 9.10. The first-order chi connectivity index (χ1) is 15.0. The van der Waals surface area contributed by atoms with Crippen LogP contribution in [0.5, 0.6) is 0 Å². The zero-order valence-electron chi connectivity index (χ0n) is 17.9. The third-order valence-electron chi connectivity index (χ3n) is 5.81. The lowest BCUT2D eigenvalue weighted by Gasteiger charge is -2.31. The number of hydrogen-bond donors (Lipinski definition) is 1. The summed E-state index contributed by atoms with van der Waals surface area (Å²) in [4.78, 5) is 32.6. The van der Waals surface area contributed by atoms with Gasteiger partial charge in [-0.2, -0.15) is 0 Å². The van der Waals surface area contributed by atoms with Crippen LogP contribution in [-0.4, -0.2) is 28.5 Å². The van der Waals surface area contributed by atoms with Gasteiger partial charge in [0.15, 0.2) is 0 Å². The van der Waals surface area contributed by atoms with Crippen LogP contribution in [0.25, 0.3) is 10.9 Å². The van der Waals surface area contributed by atoms with E-state index in [1.54, 1.807) is 10.6 Å². The lowest BCUT2D eigenvalue weighted by Crippen LogP contribution is -2.31. The third-order valence-corrected chi connectivity index (χ3v) is 6.06. The molecule has 1 aliphatic heterocycles. The normalized spacial score (nSPS) is 14.1. The van der Waals surface area contributed by atoms with Crippen LogP contribution < -0.4 is 15.8 Å². The van der Waals surface area contributed by atoms with E-state index in [2.05, 4.69) is 10.2 Å². The fourth-order valence-electron chi connectivity index (χ4n) is 4.06. The number of halogens is 1. The predicted octanol–water partition coefficient (Wildman–Crippen LogP) is 4.75. The van der Waals surface area contributed by atoms with Gasteiger partial charge in [0.25, 0.3) is 5.56 Å². The van der Waals surface area contributed by atoms with Crippen LogP contribution in [0.15, 0.2) is 41.2 Å². The van der Waals surface area contributed by atoms with E-state index in [1.807, 2.05) is 44.2 Å². The number of piperidine rings is 1. The molecule has 6 nitrogen and oxygen atoms in total. The molecule has 0 radical (unpaired) electrons. The number of benzene rings is 2. The van der Waals surface area contributed by atoms with Crippen molar-refractivity contribution in [3.8, 4) is 0 Å². The molecule has 0 bridgehead atoms. The molecule has 1 saturated heterocycles. The van der Waals surface area contributed by atoms with Crippen LogP contribution in [0.2, 0.25) is 5.02 Å². The highest BCUT2D eigenvalue weighted by atomic mass is 35.5. The van der Waals surface area contributed by atoms with Crippen LogP contribution in [-0.2, 0) is 11.3 Å². The van der Waals surface area contributed by atoms with Crippen molar-refractivity contribution in [3.05, 3.63) is 63.2 Å². The topological polar surface area (TPSA) is 67.2 Å². The number of carbonyl (C=O) groups excluding carboxylic acids is 1. The van der Waals surface area contributed by atoms with Gasteiger partial charge in [-0.05, 0) is 56.0 Å². The first kappa shape index (κ1) is 21.4. The standard InChI is InChI=1S/C24H27ClN4O2/c1-3-23(30)27-21-13-19-20(14-22(21)28-11-5-4-6-12-28)26-16(2)29(24(19)31)15-17-7-9-18(25)10-8-17/h7-10,13-14H,3-6,11-12,15H2,1-2H3,(H,27,30). The highest BCUT2D eigenvalue weighted by Gasteiger charge is 2.19. The maximum atomic E-state index is 13.4. The van der Waals surface area contributed by atoms with E-state index in [9.17, 15) is 9.59 Å². The Bertz CT molecular complexity index is 1160. The summed E-state index contributed by atoms with van der Waals surface area (Å²) in [5.74, 6) is 0.585. The molecule has 0 saturated carbocycles. The Hall–Kier alpha value is -2.86. The van der Waals surface area contributed by atoms with E-state index >= 15 is 0 Å². The molecule has 0 unspecified atom stereocenters. The SMILES string of the molecule is CCC(=O)Nc1cc2c(=O)n(Cc3ccc(Cl)cc3)c(C)nc2cc1N1CCCCC1. The van der Waals surface area contributed by atoms with Gasteiger partial charge in [-0.15, -0.1) is 0 Å². The summed E-state index contributed by atoms with van der Waals surface area (Å²) in [7, 11) is 0. The summed E-state index contributed by atoms with van der Waals surface area (Å²) in [6.45, 7) is 5.96. The van der Waals surface area contributed by atoms with E-state index in [1.165, 1.54) is 6.42 Å². The molecule has 0 spiro atoms. The number of aromatic nitrogens is 2. The largest absolute Gasteiger partial charge is 0.370 e. The van der Waals surface area contributed by atoms with Crippen molar-refractivity contribution >= 4 is 39.8 Å². The van der Waals surface area contributed by atoms with Crippen LogP contribution >= 0.6 is 11.6 Å². The molecular formula is C24H27ClN4O2. The van der Waals surface area contributed by atoms with E-state index < -0.39 is 0 Å². The van der Waals surface area contributed by atoms with E-state index in [4.69, 9.17) is 16.6 Å². The average molecular weight is 439 g/mol. The van der Waals surface area contributed by atoms with Gasteiger partial charge < -0.3 is 10.2 Å². The number of rotatable bonds is 5. The Labute approximate surface area is 186 Å². The number of anilines is 2. The maximum absolute atomic E-state index is 13.4. The zero-order valence-corrected chi connectivity index (χ0v) is 18.7. The lowest BCUT2D eigenvalue weighted by atomic mass is 10.1. The van der Waals surface area contributed by atoms with Gasteiger partial charge in [0.05, 0.1) is 28.8 Å². The number of aryl methyl sites for hydroxylation is 1. The van der Waals surface area contributed by atoms with Crippen molar-refractivity contribution in [3.63, 3.8) is 0 Å². The summed E-state index contributed by atoms with van der Waals surface area (Å²) in [6, 6.07) is 11.2. The molecule has 1 aliphatic rings. The first-order valence-corrected chi connectivity index (χ1v) is 11.2. The number of amides is 1. The van der Waals surface area contributed by atoms with Gasteiger partial charge in [0, 0.05) is 24.5 Å². The molecule has 2 heterocycles. The molecule has 0 atom stereocenters. The summed E-state index contributed by atoms with van der Waals surface area (Å²) < 4.78 is 1.66. The minimum absolute atomic E-state index is 0.0702. The summed E-state index contributed by atoms with van der Waals surface area (Å²) in [5.41, 5.74) is 3.14. The van der Waals surface area contributed by atoms with Crippen molar-refractivity contribution in [1.29, 1.82) is 0 Å². The number of hydrogen-bond acceptors (Lipinski definition) is 4. The lowest BCUT2D eigenvalue weighted by molar-refractivity contribution is -0.115. The van der Waals surface area contributed by atoms with Gasteiger partial charge in [-0.1, -0.05) is 30.7 Å². The Morgan fingerprint density at radius 3 is 2.52 bits per heavy atom. The van der Waals surface area contributed by atoms with E-state index in [0.717, 1.165) is 37.2 Å². The highest BCUT2D eigenvalue weighted by Crippen LogP contribution is 2.32. The molecule has 2 aromatic carbocycles. The van der Waals surface area contributed by atoms with Crippen molar-refractivity contribution in [2.75, 3.05) is 23.3 Å². The number of nitrogens with zero attached hydrogens (tertiary/aromatic N) is 3. The van der Waals surface area contributed by atoms with Gasteiger partial charge in [-0.3, -0.25) is 14.2 Å². The van der Waals surface area contributed by atoms with Crippen molar-refractivity contribution < 1.29 is 4.79 Å². The molecule has 0 aliphatic carbocycles. The fourth-order valence-corrected chi connectivity index (χ4v) is 4.19. The van der Waals surface area contributed by atoms with Gasteiger partial charge in [-0.25, -0.2) is 4.98 Å². The van der Waals surface area contributed by atoms with Crippen molar-refractivity contribution in [1.82, 2.24) is 9.55 Å². The molecule has 1 N–H and O–H groups in total. The third kappa shape index (κ3) is 4.59. The fraction of sp³-hybridized carbons (Fsp3) is 0.375. The maximum Gasteiger partial charge on any atom is 0.261 e. The van der Waals surface area contributed by atoms with Crippen LogP contribution in [0.3, 0.4) is 0 Å². The Kier molecular flexibility index (Phi) is 6.28. The molecule has 7 heteroatoms. The van der Waals surface area contributed by atoms with Crippen LogP contribution in [0, 0.1) is 6.92 Å². The van der Waals surface area contributed by atoms with Crippen LogP contribution in [0.1, 0.15) is 44.0 Å². The average Bonchev–Trinajstić information content (AvgIpc) is 2.78. The molecule has 4 rings (SSSR count). The van der Waals surface area contributed by atoms with Gasteiger partial charge in [0.2, 0.25) is 5.91 Å². The predicted molar refractivity (Wildman–Crippen MR) is 126 cm³/mol. The Morgan fingerprint density at radius 2 is 1.84 bits per heavy atom. The number of fused-ring (bicyclic) bond motifs is 1. The zero-order chi connectivity index (χ0) is 22.0. The number of nitrogens with one attached hydrogen (secondary N) is 1. The second-order valence-corrected chi connectivity index (χ2v) is 8.45. The Morgan fingerprint density at radius 1 is 1.13 bits per heavy atom. The van der Waals surface area contributed by atoms with Crippen molar-refractivity contribution in [2.45, 2.75) is 46.1 Å². The minimum atomic E-state index is -0.116.